The van der Waals surface area contributed by atoms with Gasteiger partial charge in [0.1, 0.15) is 0 Å². The SMILES string of the molecule is COc1ccc(CCNC(=O)CNC23CC4CC(CC(C4)C2)C3)cc1OC. The van der Waals surface area contributed by atoms with E-state index in [1.54, 1.807) is 14.2 Å². The fourth-order valence-corrected chi connectivity index (χ4v) is 6.04. The lowest BCUT2D eigenvalue weighted by atomic mass is 9.53. The molecule has 0 unspecified atom stereocenters. The van der Waals surface area contributed by atoms with Crippen LogP contribution >= 0.6 is 0 Å². The normalized spacial score (nSPS) is 31.0. The first-order valence-corrected chi connectivity index (χ1v) is 10.3. The van der Waals surface area contributed by atoms with E-state index < -0.39 is 0 Å². The van der Waals surface area contributed by atoms with Crippen molar-refractivity contribution in [3.63, 3.8) is 0 Å². The molecular formula is C22H32N2O3. The summed E-state index contributed by atoms with van der Waals surface area (Å²) in [5, 5.41) is 6.72. The maximum absolute atomic E-state index is 12.3. The fourth-order valence-electron chi connectivity index (χ4n) is 6.04. The van der Waals surface area contributed by atoms with Crippen LogP contribution in [0, 0.1) is 17.8 Å². The molecule has 4 bridgehead atoms. The Morgan fingerprint density at radius 3 is 2.26 bits per heavy atom. The number of ether oxygens (including phenoxy) is 2. The number of carbonyl (C=O) groups excluding carboxylic acids is 1. The third-order valence-electron chi connectivity index (χ3n) is 6.85. The van der Waals surface area contributed by atoms with E-state index in [-0.39, 0.29) is 11.4 Å². The van der Waals surface area contributed by atoms with E-state index >= 15 is 0 Å². The average Bonchev–Trinajstić information content (AvgIpc) is 2.65. The lowest BCUT2D eigenvalue weighted by Gasteiger charge is -2.57. The van der Waals surface area contributed by atoms with Crippen LogP contribution in [0.1, 0.15) is 44.1 Å². The minimum atomic E-state index is 0.103. The Labute approximate surface area is 162 Å². The zero-order valence-electron chi connectivity index (χ0n) is 16.6. The summed E-state index contributed by atoms with van der Waals surface area (Å²) in [5.41, 5.74) is 1.37. The van der Waals surface area contributed by atoms with Gasteiger partial charge >= 0.3 is 0 Å². The molecule has 27 heavy (non-hydrogen) atoms. The third kappa shape index (κ3) is 4.08. The number of nitrogens with one attached hydrogen (secondary N) is 2. The molecule has 0 aromatic heterocycles. The summed E-state index contributed by atoms with van der Waals surface area (Å²) in [4.78, 5) is 12.3. The molecule has 148 valence electrons. The van der Waals surface area contributed by atoms with Crippen molar-refractivity contribution in [3.8, 4) is 11.5 Å². The highest BCUT2D eigenvalue weighted by molar-refractivity contribution is 5.78. The lowest BCUT2D eigenvalue weighted by molar-refractivity contribution is -0.121. The largest absolute Gasteiger partial charge is 0.493 e. The Balaban J connectivity index is 1.22. The van der Waals surface area contributed by atoms with Gasteiger partial charge in [-0.15, -0.1) is 0 Å². The van der Waals surface area contributed by atoms with Gasteiger partial charge in [-0.1, -0.05) is 6.07 Å². The molecule has 0 saturated heterocycles. The maximum atomic E-state index is 12.3. The summed E-state index contributed by atoms with van der Waals surface area (Å²) < 4.78 is 10.6. The van der Waals surface area contributed by atoms with E-state index in [9.17, 15) is 4.79 Å². The number of methoxy groups -OCH3 is 2. The number of hydrogen-bond acceptors (Lipinski definition) is 4. The van der Waals surface area contributed by atoms with Crippen molar-refractivity contribution in [2.45, 2.75) is 50.5 Å². The highest BCUT2D eigenvalue weighted by Gasteiger charge is 2.50. The van der Waals surface area contributed by atoms with Crippen LogP contribution in [0.15, 0.2) is 18.2 Å². The summed E-state index contributed by atoms with van der Waals surface area (Å²) in [7, 11) is 3.27. The van der Waals surface area contributed by atoms with Gasteiger partial charge in [-0.3, -0.25) is 4.79 Å². The highest BCUT2D eigenvalue weighted by atomic mass is 16.5. The first-order chi connectivity index (χ1) is 13.1. The number of hydrogen-bond donors (Lipinski definition) is 2. The molecule has 5 heteroatoms. The van der Waals surface area contributed by atoms with Crippen LogP contribution in [0.4, 0.5) is 0 Å². The Morgan fingerprint density at radius 1 is 1.04 bits per heavy atom. The second-order valence-corrected chi connectivity index (χ2v) is 8.84. The number of benzene rings is 1. The smallest absolute Gasteiger partial charge is 0.233 e. The van der Waals surface area contributed by atoms with Gasteiger partial charge in [0.15, 0.2) is 11.5 Å². The van der Waals surface area contributed by atoms with Crippen molar-refractivity contribution in [1.29, 1.82) is 0 Å². The molecule has 4 aliphatic rings. The first kappa shape index (κ1) is 18.6. The van der Waals surface area contributed by atoms with Crippen molar-refractivity contribution < 1.29 is 14.3 Å². The standard InChI is InChI=1S/C22H32N2O3/c1-26-19-4-3-15(10-20(19)27-2)5-6-23-21(25)14-24-22-11-16-7-17(12-22)9-18(8-16)13-22/h3-4,10,16-18,24H,5-9,11-14H2,1-2H3,(H,23,25). The monoisotopic (exact) mass is 372 g/mol. The van der Waals surface area contributed by atoms with Crippen molar-refractivity contribution in [3.05, 3.63) is 23.8 Å². The van der Waals surface area contributed by atoms with Crippen LogP contribution < -0.4 is 20.1 Å². The van der Waals surface area contributed by atoms with Crippen molar-refractivity contribution in [2.24, 2.45) is 17.8 Å². The van der Waals surface area contributed by atoms with Gasteiger partial charge in [0, 0.05) is 12.1 Å². The predicted molar refractivity (Wildman–Crippen MR) is 105 cm³/mol. The first-order valence-electron chi connectivity index (χ1n) is 10.3. The number of amides is 1. The molecule has 0 spiro atoms. The molecule has 0 heterocycles. The second-order valence-electron chi connectivity index (χ2n) is 8.84. The molecule has 5 rings (SSSR count). The molecule has 0 aliphatic heterocycles. The van der Waals surface area contributed by atoms with Crippen LogP contribution in [-0.2, 0) is 11.2 Å². The van der Waals surface area contributed by atoms with Gasteiger partial charge in [0.05, 0.1) is 20.8 Å². The minimum absolute atomic E-state index is 0.103. The quantitative estimate of drug-likeness (QED) is 0.737. The Hall–Kier alpha value is -1.75. The summed E-state index contributed by atoms with van der Waals surface area (Å²) in [6, 6.07) is 5.89. The molecule has 0 atom stereocenters. The molecule has 1 amide bonds. The molecule has 4 fully saturated rings. The number of carbonyl (C=O) groups is 1. The van der Waals surface area contributed by atoms with Crippen molar-refractivity contribution in [2.75, 3.05) is 27.3 Å². The van der Waals surface area contributed by atoms with Gasteiger partial charge in [0.2, 0.25) is 5.91 Å². The minimum Gasteiger partial charge on any atom is -0.493 e. The van der Waals surface area contributed by atoms with E-state index in [4.69, 9.17) is 9.47 Å². The Morgan fingerprint density at radius 2 is 1.67 bits per heavy atom. The third-order valence-corrected chi connectivity index (χ3v) is 6.85. The topological polar surface area (TPSA) is 59.6 Å². The summed E-state index contributed by atoms with van der Waals surface area (Å²) >= 11 is 0. The van der Waals surface area contributed by atoms with Gasteiger partial charge in [-0.25, -0.2) is 0 Å². The van der Waals surface area contributed by atoms with E-state index in [1.165, 1.54) is 38.5 Å². The van der Waals surface area contributed by atoms with Crippen LogP contribution in [0.5, 0.6) is 11.5 Å². The van der Waals surface area contributed by atoms with Crippen molar-refractivity contribution in [1.82, 2.24) is 10.6 Å². The Kier molecular flexibility index (Phi) is 5.31. The maximum Gasteiger partial charge on any atom is 0.233 e. The molecule has 4 saturated carbocycles. The van der Waals surface area contributed by atoms with E-state index in [0.717, 1.165) is 41.2 Å². The average molecular weight is 373 g/mol. The summed E-state index contributed by atoms with van der Waals surface area (Å²) in [6.45, 7) is 1.08. The van der Waals surface area contributed by atoms with Crippen LogP contribution in [0.3, 0.4) is 0 Å². The van der Waals surface area contributed by atoms with E-state index in [2.05, 4.69) is 10.6 Å². The van der Waals surface area contributed by atoms with Crippen molar-refractivity contribution >= 4 is 5.91 Å². The van der Waals surface area contributed by atoms with Crippen LogP contribution in [0.2, 0.25) is 0 Å². The molecule has 0 radical (unpaired) electrons. The predicted octanol–water partition coefficient (Wildman–Crippen LogP) is 2.92. The zero-order chi connectivity index (χ0) is 18.9. The summed E-state index contributed by atoms with van der Waals surface area (Å²) in [5.74, 6) is 4.26. The number of rotatable bonds is 8. The second kappa shape index (κ2) is 7.70. The zero-order valence-corrected chi connectivity index (χ0v) is 16.6. The Bertz CT molecular complexity index is 653. The molecule has 2 N–H and O–H groups in total. The lowest BCUT2D eigenvalue weighted by Crippen LogP contribution is -2.59. The van der Waals surface area contributed by atoms with Gasteiger partial charge in [0.25, 0.3) is 0 Å². The summed E-state index contributed by atoms with van der Waals surface area (Å²) in [6.07, 6.45) is 8.90. The molecule has 4 aliphatic carbocycles. The molecule has 5 nitrogen and oxygen atoms in total. The van der Waals surface area contributed by atoms with Gasteiger partial charge < -0.3 is 20.1 Å². The van der Waals surface area contributed by atoms with E-state index in [0.29, 0.717) is 13.1 Å². The van der Waals surface area contributed by atoms with Gasteiger partial charge in [-0.2, -0.15) is 0 Å². The highest BCUT2D eigenvalue weighted by Crippen LogP contribution is 2.55. The molecule has 1 aromatic rings. The van der Waals surface area contributed by atoms with Crippen LogP contribution in [-0.4, -0.2) is 38.8 Å². The molecular weight excluding hydrogens is 340 g/mol. The van der Waals surface area contributed by atoms with E-state index in [1.807, 2.05) is 18.2 Å². The molecule has 1 aromatic carbocycles. The van der Waals surface area contributed by atoms with Gasteiger partial charge in [-0.05, 0) is 80.4 Å². The van der Waals surface area contributed by atoms with Crippen LogP contribution in [0.25, 0.3) is 0 Å². The fraction of sp³-hybridized carbons (Fsp3) is 0.682.